The number of carboxylic acids is 1. The molecule has 4 heteroatoms. The van der Waals surface area contributed by atoms with Crippen LogP contribution in [-0.4, -0.2) is 20.9 Å². The maximum Gasteiger partial charge on any atom is 0.354 e. The van der Waals surface area contributed by atoms with Crippen molar-refractivity contribution >= 4 is 5.97 Å². The van der Waals surface area contributed by atoms with Crippen LogP contribution in [0.5, 0.6) is 0 Å². The molecule has 1 N–H and O–H groups in total. The molecule has 0 amide bonds. The van der Waals surface area contributed by atoms with Crippen molar-refractivity contribution in [3.63, 3.8) is 0 Å². The molecule has 1 heterocycles. The van der Waals surface area contributed by atoms with Gasteiger partial charge >= 0.3 is 5.97 Å². The third-order valence-electron chi connectivity index (χ3n) is 2.79. The molecule has 0 bridgehead atoms. The van der Waals surface area contributed by atoms with Gasteiger partial charge in [-0.1, -0.05) is 26.0 Å². The monoisotopic (exact) mass is 244 g/mol. The number of carboxylic acid groups (broad SMARTS) is 1. The van der Waals surface area contributed by atoms with Crippen LogP contribution in [0.3, 0.4) is 0 Å². The van der Waals surface area contributed by atoms with Gasteiger partial charge in [0.2, 0.25) is 0 Å². The Morgan fingerprint density at radius 1 is 1.33 bits per heavy atom. The Morgan fingerprint density at radius 2 is 2.06 bits per heavy atom. The SMILES string of the molecule is Cc1cccc(-n2nc(C(C)C)cc2C(=O)O)c1. The minimum Gasteiger partial charge on any atom is -0.477 e. The predicted octanol–water partition coefficient (Wildman–Crippen LogP) is 3.00. The zero-order valence-corrected chi connectivity index (χ0v) is 10.7. The summed E-state index contributed by atoms with van der Waals surface area (Å²) in [7, 11) is 0. The van der Waals surface area contributed by atoms with Gasteiger partial charge in [-0.3, -0.25) is 0 Å². The molecular formula is C14H16N2O2. The van der Waals surface area contributed by atoms with Crippen LogP contribution in [-0.2, 0) is 0 Å². The molecule has 0 spiro atoms. The van der Waals surface area contributed by atoms with Crippen molar-refractivity contribution in [2.24, 2.45) is 0 Å². The van der Waals surface area contributed by atoms with E-state index >= 15 is 0 Å². The van der Waals surface area contributed by atoms with Crippen LogP contribution in [0.2, 0.25) is 0 Å². The molecule has 0 unspecified atom stereocenters. The van der Waals surface area contributed by atoms with E-state index in [9.17, 15) is 9.90 Å². The number of benzene rings is 1. The van der Waals surface area contributed by atoms with Crippen LogP contribution >= 0.6 is 0 Å². The molecule has 0 aliphatic heterocycles. The van der Waals surface area contributed by atoms with Gasteiger partial charge in [0.1, 0.15) is 0 Å². The van der Waals surface area contributed by atoms with E-state index in [4.69, 9.17) is 0 Å². The Hall–Kier alpha value is -2.10. The van der Waals surface area contributed by atoms with E-state index in [1.807, 2.05) is 45.0 Å². The fourth-order valence-electron chi connectivity index (χ4n) is 1.79. The Kier molecular flexibility index (Phi) is 3.19. The first-order chi connectivity index (χ1) is 8.49. The largest absolute Gasteiger partial charge is 0.477 e. The molecule has 0 atom stereocenters. The van der Waals surface area contributed by atoms with E-state index in [2.05, 4.69) is 5.10 Å². The first kappa shape index (κ1) is 12.4. The highest BCUT2D eigenvalue weighted by atomic mass is 16.4. The van der Waals surface area contributed by atoms with Gasteiger partial charge in [0.25, 0.3) is 0 Å². The number of hydrogen-bond donors (Lipinski definition) is 1. The summed E-state index contributed by atoms with van der Waals surface area (Å²) in [6, 6.07) is 9.28. The third kappa shape index (κ3) is 2.27. The second-order valence-corrected chi connectivity index (χ2v) is 4.67. The average molecular weight is 244 g/mol. The summed E-state index contributed by atoms with van der Waals surface area (Å²) in [6.07, 6.45) is 0. The van der Waals surface area contributed by atoms with E-state index in [1.165, 1.54) is 4.68 Å². The first-order valence-electron chi connectivity index (χ1n) is 5.89. The van der Waals surface area contributed by atoms with Gasteiger partial charge in [0.15, 0.2) is 5.69 Å². The molecular weight excluding hydrogens is 228 g/mol. The second kappa shape index (κ2) is 4.64. The Morgan fingerprint density at radius 3 is 2.61 bits per heavy atom. The summed E-state index contributed by atoms with van der Waals surface area (Å²) >= 11 is 0. The van der Waals surface area contributed by atoms with Crippen LogP contribution in [0.4, 0.5) is 0 Å². The number of aromatic nitrogens is 2. The molecule has 94 valence electrons. The highest BCUT2D eigenvalue weighted by Gasteiger charge is 2.17. The van der Waals surface area contributed by atoms with Crippen LogP contribution in [0.25, 0.3) is 5.69 Å². The third-order valence-corrected chi connectivity index (χ3v) is 2.79. The first-order valence-corrected chi connectivity index (χ1v) is 5.89. The molecule has 4 nitrogen and oxygen atoms in total. The molecule has 1 aromatic heterocycles. The van der Waals surface area contributed by atoms with Crippen molar-refractivity contribution < 1.29 is 9.90 Å². The highest BCUT2D eigenvalue weighted by molar-refractivity contribution is 5.86. The summed E-state index contributed by atoms with van der Waals surface area (Å²) in [4.78, 5) is 11.3. The minimum atomic E-state index is -0.962. The van der Waals surface area contributed by atoms with Crippen molar-refractivity contribution in [1.82, 2.24) is 9.78 Å². The molecule has 0 aliphatic rings. The summed E-state index contributed by atoms with van der Waals surface area (Å²) < 4.78 is 1.49. The number of hydrogen-bond acceptors (Lipinski definition) is 2. The standard InChI is InChI=1S/C14H16N2O2/c1-9(2)12-8-13(14(17)18)16(15-12)11-6-4-5-10(3)7-11/h4-9H,1-3H3,(H,17,18). The van der Waals surface area contributed by atoms with Crippen LogP contribution in [0.15, 0.2) is 30.3 Å². The lowest BCUT2D eigenvalue weighted by molar-refractivity contribution is 0.0687. The number of aromatic carboxylic acids is 1. The molecule has 18 heavy (non-hydrogen) atoms. The van der Waals surface area contributed by atoms with Gasteiger partial charge in [-0.05, 0) is 36.6 Å². The zero-order chi connectivity index (χ0) is 13.3. The van der Waals surface area contributed by atoms with Crippen molar-refractivity contribution in [2.75, 3.05) is 0 Å². The molecule has 0 aliphatic carbocycles. The summed E-state index contributed by atoms with van der Waals surface area (Å²) in [5.41, 5.74) is 2.84. The fourth-order valence-corrected chi connectivity index (χ4v) is 1.79. The van der Waals surface area contributed by atoms with E-state index in [1.54, 1.807) is 6.07 Å². The van der Waals surface area contributed by atoms with Crippen LogP contribution in [0, 0.1) is 6.92 Å². The zero-order valence-electron chi connectivity index (χ0n) is 10.7. The lowest BCUT2D eigenvalue weighted by atomic mass is 10.1. The Bertz CT molecular complexity index is 585. The van der Waals surface area contributed by atoms with Gasteiger partial charge in [0.05, 0.1) is 11.4 Å². The molecule has 2 aromatic rings. The molecule has 0 radical (unpaired) electrons. The molecule has 2 rings (SSSR count). The molecule has 0 saturated carbocycles. The minimum absolute atomic E-state index is 0.198. The molecule has 1 aromatic carbocycles. The smallest absolute Gasteiger partial charge is 0.354 e. The maximum absolute atomic E-state index is 11.3. The fraction of sp³-hybridized carbons (Fsp3) is 0.286. The van der Waals surface area contributed by atoms with E-state index < -0.39 is 5.97 Å². The number of nitrogens with zero attached hydrogens (tertiary/aromatic N) is 2. The molecule has 0 fully saturated rings. The number of carbonyl (C=O) groups is 1. The van der Waals surface area contributed by atoms with Gasteiger partial charge in [0, 0.05) is 0 Å². The number of rotatable bonds is 3. The normalized spacial score (nSPS) is 10.9. The predicted molar refractivity (Wildman–Crippen MR) is 69.3 cm³/mol. The van der Waals surface area contributed by atoms with Crippen molar-refractivity contribution in [1.29, 1.82) is 0 Å². The van der Waals surface area contributed by atoms with Crippen molar-refractivity contribution in [3.05, 3.63) is 47.3 Å². The Labute approximate surface area is 106 Å². The summed E-state index contributed by atoms with van der Waals surface area (Å²) in [6.45, 7) is 5.96. The van der Waals surface area contributed by atoms with E-state index in [-0.39, 0.29) is 11.6 Å². The van der Waals surface area contributed by atoms with Gasteiger partial charge in [-0.15, -0.1) is 0 Å². The number of aryl methyl sites for hydroxylation is 1. The topological polar surface area (TPSA) is 55.1 Å². The van der Waals surface area contributed by atoms with Gasteiger partial charge < -0.3 is 5.11 Å². The van der Waals surface area contributed by atoms with Crippen LogP contribution < -0.4 is 0 Å². The summed E-state index contributed by atoms with van der Waals surface area (Å²) in [5, 5.41) is 13.6. The average Bonchev–Trinajstić information content (AvgIpc) is 2.73. The van der Waals surface area contributed by atoms with Crippen molar-refractivity contribution in [2.45, 2.75) is 26.7 Å². The second-order valence-electron chi connectivity index (χ2n) is 4.67. The van der Waals surface area contributed by atoms with Crippen LogP contribution in [0.1, 0.15) is 41.5 Å². The van der Waals surface area contributed by atoms with E-state index in [0.717, 1.165) is 16.9 Å². The van der Waals surface area contributed by atoms with Gasteiger partial charge in [-0.25, -0.2) is 9.48 Å². The lowest BCUT2D eigenvalue weighted by Crippen LogP contribution is -2.08. The molecule has 0 saturated heterocycles. The maximum atomic E-state index is 11.3. The van der Waals surface area contributed by atoms with Crippen molar-refractivity contribution in [3.8, 4) is 5.69 Å². The van der Waals surface area contributed by atoms with E-state index in [0.29, 0.717) is 0 Å². The Balaban J connectivity index is 2.58. The summed E-state index contributed by atoms with van der Waals surface area (Å²) in [5.74, 6) is -0.759. The lowest BCUT2D eigenvalue weighted by Gasteiger charge is -2.05. The quantitative estimate of drug-likeness (QED) is 0.903. The van der Waals surface area contributed by atoms with Gasteiger partial charge in [-0.2, -0.15) is 5.10 Å². The highest BCUT2D eigenvalue weighted by Crippen LogP contribution is 2.19.